The molecule has 31 heavy (non-hydrogen) atoms. The summed E-state index contributed by atoms with van der Waals surface area (Å²) >= 11 is 0. The zero-order chi connectivity index (χ0) is 24.4. The van der Waals surface area contributed by atoms with Crippen LogP contribution in [-0.4, -0.2) is 53.6 Å². The third kappa shape index (κ3) is 33.3. The fraction of sp³-hybridized carbons (Fsp3) is 0.636. The average molecular weight is 479 g/mol. The molecule has 0 saturated heterocycles. The Morgan fingerprint density at radius 1 is 0.774 bits per heavy atom. The van der Waals surface area contributed by atoms with Crippen molar-refractivity contribution in [3.63, 3.8) is 0 Å². The molecule has 0 saturated carbocycles. The molecule has 0 bridgehead atoms. The lowest BCUT2D eigenvalue weighted by Gasteiger charge is -2.34. The summed E-state index contributed by atoms with van der Waals surface area (Å²) in [5.41, 5.74) is 0. The predicted octanol–water partition coefficient (Wildman–Crippen LogP) is 6.00. The lowest BCUT2D eigenvalue weighted by atomic mass is 10.5. The molecule has 0 aliphatic carbocycles. The minimum atomic E-state index is -1.65. The number of rotatable bonds is 14. The normalized spacial score (nSPS) is 9.81. The molecule has 184 valence electrons. The monoisotopic (exact) mass is 478 g/mol. The lowest BCUT2D eigenvalue weighted by molar-refractivity contribution is -0.241. The van der Waals surface area contributed by atoms with E-state index in [0.717, 1.165) is 24.9 Å². The first kappa shape index (κ1) is 34.1. The van der Waals surface area contributed by atoms with Crippen LogP contribution < -0.4 is 0 Å². The molecule has 0 aromatic heterocycles. The maximum atomic E-state index is 8.34. The van der Waals surface area contributed by atoms with Gasteiger partial charge in [0, 0.05) is 16.7 Å². The molecule has 0 spiro atoms. The van der Waals surface area contributed by atoms with Crippen LogP contribution in [0.3, 0.4) is 0 Å². The zero-order valence-corrected chi connectivity index (χ0v) is 22.2. The number of hydrogen-bond donors (Lipinski definition) is 2. The Bertz CT molecular complexity index is 554. The molecule has 0 radical (unpaired) electrons. The summed E-state index contributed by atoms with van der Waals surface area (Å²) in [5.74, 6) is 5.30. The van der Waals surface area contributed by atoms with Crippen LogP contribution in [0.15, 0.2) is 25.3 Å². The highest BCUT2D eigenvalue weighted by Gasteiger charge is 2.32. The highest BCUT2D eigenvalue weighted by Crippen LogP contribution is 2.23. The minimum absolute atomic E-state index is 0. The van der Waals surface area contributed by atoms with Gasteiger partial charge in [-0.3, -0.25) is 10.5 Å². The van der Waals surface area contributed by atoms with Crippen LogP contribution in [0.4, 0.5) is 0 Å². The molecule has 2 N–H and O–H groups in total. The Kier molecular flexibility index (Phi) is 27.1. The largest absolute Gasteiger partial charge is 0.455 e. The van der Waals surface area contributed by atoms with Crippen LogP contribution in [-0.2, 0) is 23.4 Å². The first-order valence-corrected chi connectivity index (χ1v) is 16.4. The minimum Gasteiger partial charge on any atom is -0.455 e. The molecule has 0 rings (SSSR count). The molecule has 0 aliphatic rings. The maximum absolute atomic E-state index is 8.34. The van der Waals surface area contributed by atoms with Crippen molar-refractivity contribution < 1.29 is 36.7 Å². The first-order chi connectivity index (χ1) is 14.7. The Labute approximate surface area is 194 Å². The highest BCUT2D eigenvalue weighted by atomic mass is 28.4. The molecule has 0 aromatic carbocycles. The van der Waals surface area contributed by atoms with Gasteiger partial charge in [-0.25, -0.2) is 9.78 Å². The lowest BCUT2D eigenvalue weighted by Crippen LogP contribution is -2.44. The Morgan fingerprint density at radius 3 is 1.65 bits per heavy atom. The van der Waals surface area contributed by atoms with Crippen molar-refractivity contribution >= 4 is 16.6 Å². The van der Waals surface area contributed by atoms with E-state index in [1.807, 2.05) is 0 Å². The standard InChI is InChI=1S/C13H28O4Si2.C6H8O.C3H6O2.2H2/c1-6-9-15-10-7-12-18(2,3)17-19(4,5)13-8-11-16-14;1-3-5-7-6-4-2;1-2-3-5-4;;/h14H,7-8,10-13H2,1-5H3;3H,1,5H2,2H3;2,4H,1,3H2;2*1H. The van der Waals surface area contributed by atoms with Gasteiger partial charge in [0.05, 0.1) is 19.8 Å². The second-order valence-electron chi connectivity index (χ2n) is 7.40. The van der Waals surface area contributed by atoms with Gasteiger partial charge >= 0.3 is 0 Å². The smallest absolute Gasteiger partial charge is 0.173 e. The Hall–Kier alpha value is -1.57. The van der Waals surface area contributed by atoms with Gasteiger partial charge in [-0.15, -0.1) is 6.58 Å². The van der Waals surface area contributed by atoms with Crippen LogP contribution >= 0.6 is 0 Å². The predicted molar refractivity (Wildman–Crippen MR) is 135 cm³/mol. The van der Waals surface area contributed by atoms with E-state index in [2.05, 4.69) is 77.9 Å². The van der Waals surface area contributed by atoms with Crippen molar-refractivity contribution in [1.82, 2.24) is 0 Å². The van der Waals surface area contributed by atoms with Gasteiger partial charge in [0.15, 0.2) is 16.6 Å². The van der Waals surface area contributed by atoms with Crippen molar-refractivity contribution in [1.29, 1.82) is 0 Å². The van der Waals surface area contributed by atoms with Crippen LogP contribution in [0.5, 0.6) is 0 Å². The van der Waals surface area contributed by atoms with E-state index >= 15 is 0 Å². The molecule has 7 nitrogen and oxygen atoms in total. The summed E-state index contributed by atoms with van der Waals surface area (Å²) in [7, 11) is -3.28. The van der Waals surface area contributed by atoms with Gasteiger partial charge in [-0.2, -0.15) is 0 Å². The third-order valence-electron chi connectivity index (χ3n) is 3.33. The van der Waals surface area contributed by atoms with Gasteiger partial charge in [-0.1, -0.05) is 30.6 Å². The zero-order valence-electron chi connectivity index (χ0n) is 20.2. The van der Waals surface area contributed by atoms with E-state index in [9.17, 15) is 0 Å². The summed E-state index contributed by atoms with van der Waals surface area (Å²) in [5, 5.41) is 15.8. The Morgan fingerprint density at radius 2 is 1.26 bits per heavy atom. The average Bonchev–Trinajstić information content (AvgIpc) is 2.69. The molecule has 0 heterocycles. The molecule has 0 fully saturated rings. The van der Waals surface area contributed by atoms with Crippen molar-refractivity contribution in [3.05, 3.63) is 25.3 Å². The second-order valence-corrected chi connectivity index (χ2v) is 16.3. The van der Waals surface area contributed by atoms with Crippen molar-refractivity contribution in [3.8, 4) is 24.1 Å². The molecule has 0 aliphatic heterocycles. The van der Waals surface area contributed by atoms with E-state index in [1.54, 1.807) is 19.9 Å². The molecule has 9 heteroatoms. The van der Waals surface area contributed by atoms with E-state index < -0.39 is 16.6 Å². The fourth-order valence-electron chi connectivity index (χ4n) is 2.33. The van der Waals surface area contributed by atoms with Gasteiger partial charge in [0.25, 0.3) is 0 Å². The van der Waals surface area contributed by atoms with Crippen LogP contribution in [0.25, 0.3) is 0 Å². The topological polar surface area (TPSA) is 86.6 Å². The summed E-state index contributed by atoms with van der Waals surface area (Å²) in [6.45, 7) is 21.0. The van der Waals surface area contributed by atoms with Gasteiger partial charge < -0.3 is 13.6 Å². The second kappa shape index (κ2) is 24.7. The summed E-state index contributed by atoms with van der Waals surface area (Å²) in [6, 6.07) is 2.10. The third-order valence-corrected chi connectivity index (χ3v) is 10.9. The number of hydrogen-bond acceptors (Lipinski definition) is 7. The van der Waals surface area contributed by atoms with Gasteiger partial charge in [0.2, 0.25) is 0 Å². The van der Waals surface area contributed by atoms with Crippen LogP contribution in [0.2, 0.25) is 38.3 Å². The summed E-state index contributed by atoms with van der Waals surface area (Å²) in [4.78, 5) is 7.69. The SMILES string of the molecule is C=CCOC#CC.C=CCOO.CC#COCCC[Si](C)(C)O[Si](C)(C)CCCOO.[HH].[HH]. The Balaban J connectivity index is -0.000000155. The summed E-state index contributed by atoms with van der Waals surface area (Å²) in [6.07, 6.45) is 10.0. The molecular formula is C22H46O7Si2. The van der Waals surface area contributed by atoms with Gasteiger partial charge in [0.1, 0.15) is 18.8 Å². The van der Waals surface area contributed by atoms with Crippen LogP contribution in [0.1, 0.15) is 29.5 Å². The quantitative estimate of drug-likeness (QED) is 0.0790. The van der Waals surface area contributed by atoms with E-state index in [0.29, 0.717) is 19.8 Å². The van der Waals surface area contributed by atoms with Crippen molar-refractivity contribution in [2.75, 3.05) is 26.4 Å². The van der Waals surface area contributed by atoms with Crippen molar-refractivity contribution in [2.45, 2.75) is 65.0 Å². The summed E-state index contributed by atoms with van der Waals surface area (Å²) < 4.78 is 16.2. The van der Waals surface area contributed by atoms with E-state index in [1.165, 1.54) is 6.08 Å². The molecular weight excluding hydrogens is 432 g/mol. The van der Waals surface area contributed by atoms with E-state index in [-0.39, 0.29) is 9.46 Å². The molecule has 0 amide bonds. The highest BCUT2D eigenvalue weighted by molar-refractivity contribution is 6.84. The molecule has 0 unspecified atom stereocenters. The fourth-order valence-corrected chi connectivity index (χ4v) is 11.1. The first-order valence-electron chi connectivity index (χ1n) is 10.2. The molecule has 0 atom stereocenters. The van der Waals surface area contributed by atoms with Crippen molar-refractivity contribution in [2.24, 2.45) is 0 Å². The number of ether oxygens (including phenoxy) is 2. The van der Waals surface area contributed by atoms with E-state index in [4.69, 9.17) is 19.4 Å². The molecule has 0 aromatic rings. The van der Waals surface area contributed by atoms with Crippen LogP contribution in [0, 0.1) is 24.1 Å². The maximum Gasteiger partial charge on any atom is 0.173 e. The van der Waals surface area contributed by atoms with Gasteiger partial charge in [-0.05, 0) is 51.1 Å².